The molecule has 26 heavy (non-hydrogen) atoms. The lowest BCUT2D eigenvalue weighted by molar-refractivity contribution is 0.299. The Labute approximate surface area is 152 Å². The Morgan fingerprint density at radius 2 is 1.92 bits per heavy atom. The summed E-state index contributed by atoms with van der Waals surface area (Å²) in [6.07, 6.45) is 1.60. The quantitative estimate of drug-likeness (QED) is 0.378. The second-order valence-corrected chi connectivity index (χ2v) is 6.21. The number of hydrogen-bond donors (Lipinski definition) is 1. The molecule has 0 amide bonds. The van der Waals surface area contributed by atoms with E-state index in [0.29, 0.717) is 5.13 Å². The molecule has 3 rings (SSSR count). The summed E-state index contributed by atoms with van der Waals surface area (Å²) in [4.78, 5) is 4.23. The summed E-state index contributed by atoms with van der Waals surface area (Å²) in [5.74, 6) is -4.20. The zero-order valence-corrected chi connectivity index (χ0v) is 14.5. The lowest BCUT2D eigenvalue weighted by Gasteiger charge is -2.09. The topological polar surface area (TPSA) is 46.5 Å². The Bertz CT molecular complexity index is 920. The molecule has 134 valence electrons. The van der Waals surface area contributed by atoms with Crippen LogP contribution in [0.3, 0.4) is 0 Å². The van der Waals surface area contributed by atoms with Gasteiger partial charge in [0.1, 0.15) is 12.4 Å². The normalized spacial score (nSPS) is 11.1. The molecule has 0 fully saturated rings. The number of rotatable bonds is 6. The first-order chi connectivity index (χ1) is 12.5. The van der Waals surface area contributed by atoms with Crippen LogP contribution in [0, 0.1) is 24.4 Å². The molecule has 0 saturated carbocycles. The Morgan fingerprint density at radius 3 is 2.62 bits per heavy atom. The third-order valence-corrected chi connectivity index (χ3v) is 4.25. The zero-order chi connectivity index (χ0) is 18.5. The molecule has 0 spiro atoms. The average Bonchev–Trinajstić information content (AvgIpc) is 3.04. The van der Waals surface area contributed by atoms with Gasteiger partial charge in [-0.25, -0.2) is 18.2 Å². The van der Waals surface area contributed by atoms with Crippen molar-refractivity contribution in [2.75, 3.05) is 5.43 Å². The Balaban J connectivity index is 1.69. The van der Waals surface area contributed by atoms with Crippen LogP contribution in [-0.4, -0.2) is 11.2 Å². The molecule has 0 unspecified atom stereocenters. The highest BCUT2D eigenvalue weighted by Gasteiger charge is 2.11. The van der Waals surface area contributed by atoms with Crippen molar-refractivity contribution in [1.82, 2.24) is 4.98 Å². The lowest BCUT2D eigenvalue weighted by atomic mass is 10.1. The summed E-state index contributed by atoms with van der Waals surface area (Å²) >= 11 is 1.44. The number of ether oxygens (including phenoxy) is 1. The van der Waals surface area contributed by atoms with Crippen molar-refractivity contribution in [2.24, 2.45) is 5.10 Å². The van der Waals surface area contributed by atoms with E-state index in [1.54, 1.807) is 18.3 Å². The highest BCUT2D eigenvalue weighted by molar-refractivity contribution is 7.13. The predicted octanol–water partition coefficient (Wildman–Crippen LogP) is 4.89. The van der Waals surface area contributed by atoms with E-state index in [1.807, 2.05) is 24.4 Å². The second kappa shape index (κ2) is 8.01. The maximum Gasteiger partial charge on any atom is 0.203 e. The van der Waals surface area contributed by atoms with E-state index in [4.69, 9.17) is 4.74 Å². The van der Waals surface area contributed by atoms with E-state index in [2.05, 4.69) is 15.5 Å². The molecule has 3 aromatic rings. The van der Waals surface area contributed by atoms with E-state index >= 15 is 0 Å². The minimum Gasteiger partial charge on any atom is -0.489 e. The largest absolute Gasteiger partial charge is 0.489 e. The molecule has 0 bridgehead atoms. The predicted molar refractivity (Wildman–Crippen MR) is 95.2 cm³/mol. The van der Waals surface area contributed by atoms with Crippen LogP contribution in [0.2, 0.25) is 0 Å². The van der Waals surface area contributed by atoms with E-state index in [9.17, 15) is 13.2 Å². The number of thiazole rings is 1. The van der Waals surface area contributed by atoms with Crippen LogP contribution in [0.5, 0.6) is 5.75 Å². The number of halogens is 3. The second-order valence-electron chi connectivity index (χ2n) is 5.35. The SMILES string of the molecule is Cc1csc(NN=Cc2ccccc2COc2cc(F)c(F)c(F)c2)n1. The minimum atomic E-state index is -1.52. The van der Waals surface area contributed by atoms with Crippen LogP contribution in [0.1, 0.15) is 16.8 Å². The number of anilines is 1. The molecule has 4 nitrogen and oxygen atoms in total. The zero-order valence-electron chi connectivity index (χ0n) is 13.7. The fourth-order valence-corrected chi connectivity index (χ4v) is 2.77. The van der Waals surface area contributed by atoms with Crippen molar-refractivity contribution < 1.29 is 17.9 Å². The summed E-state index contributed by atoms with van der Waals surface area (Å²) in [6.45, 7) is 1.93. The highest BCUT2D eigenvalue weighted by Crippen LogP contribution is 2.21. The van der Waals surface area contributed by atoms with Gasteiger partial charge >= 0.3 is 0 Å². The maximum absolute atomic E-state index is 13.2. The smallest absolute Gasteiger partial charge is 0.203 e. The summed E-state index contributed by atoms with van der Waals surface area (Å²) < 4.78 is 44.9. The van der Waals surface area contributed by atoms with Crippen molar-refractivity contribution in [1.29, 1.82) is 0 Å². The molecule has 2 aromatic carbocycles. The monoisotopic (exact) mass is 377 g/mol. The minimum absolute atomic E-state index is 0.0447. The number of nitrogens with one attached hydrogen (secondary N) is 1. The van der Waals surface area contributed by atoms with E-state index in [-0.39, 0.29) is 12.4 Å². The van der Waals surface area contributed by atoms with Crippen LogP contribution in [0.25, 0.3) is 0 Å². The first-order valence-electron chi connectivity index (χ1n) is 7.59. The summed E-state index contributed by atoms with van der Waals surface area (Å²) in [6, 6.07) is 8.87. The summed E-state index contributed by atoms with van der Waals surface area (Å²) in [5.41, 5.74) is 5.24. The highest BCUT2D eigenvalue weighted by atomic mass is 32.1. The maximum atomic E-state index is 13.2. The molecule has 0 atom stereocenters. The van der Waals surface area contributed by atoms with Gasteiger partial charge in [-0.15, -0.1) is 11.3 Å². The molecule has 0 aliphatic heterocycles. The van der Waals surface area contributed by atoms with Gasteiger partial charge in [0.15, 0.2) is 17.5 Å². The van der Waals surface area contributed by atoms with Gasteiger partial charge in [-0.05, 0) is 12.5 Å². The number of nitrogens with zero attached hydrogens (tertiary/aromatic N) is 2. The fourth-order valence-electron chi connectivity index (χ4n) is 2.13. The average molecular weight is 377 g/mol. The van der Waals surface area contributed by atoms with Gasteiger partial charge in [-0.2, -0.15) is 5.10 Å². The van der Waals surface area contributed by atoms with E-state index in [1.165, 1.54) is 11.3 Å². The van der Waals surface area contributed by atoms with Gasteiger partial charge in [0.25, 0.3) is 0 Å². The summed E-state index contributed by atoms with van der Waals surface area (Å²) in [5, 5.41) is 6.70. The molecule has 8 heteroatoms. The van der Waals surface area contributed by atoms with Crippen LogP contribution in [0.4, 0.5) is 18.3 Å². The van der Waals surface area contributed by atoms with Crippen molar-refractivity contribution >= 4 is 22.7 Å². The Kier molecular flexibility index (Phi) is 5.52. The van der Waals surface area contributed by atoms with Gasteiger partial charge in [0, 0.05) is 23.1 Å². The number of aryl methyl sites for hydroxylation is 1. The molecular formula is C18H14F3N3OS. The third kappa shape index (κ3) is 4.40. The third-order valence-electron chi connectivity index (χ3n) is 3.39. The van der Waals surface area contributed by atoms with E-state index < -0.39 is 17.5 Å². The van der Waals surface area contributed by atoms with Gasteiger partial charge in [0.05, 0.1) is 11.9 Å². The van der Waals surface area contributed by atoms with Crippen molar-refractivity contribution in [3.8, 4) is 5.75 Å². The number of hydrogen-bond acceptors (Lipinski definition) is 5. The molecule has 0 aliphatic rings. The van der Waals surface area contributed by atoms with Crippen LogP contribution >= 0.6 is 11.3 Å². The molecule has 1 heterocycles. The lowest BCUT2D eigenvalue weighted by Crippen LogP contribution is -2.02. The number of aromatic nitrogens is 1. The van der Waals surface area contributed by atoms with Gasteiger partial charge in [-0.3, -0.25) is 5.43 Å². The molecule has 1 N–H and O–H groups in total. The fraction of sp³-hybridized carbons (Fsp3) is 0.111. The van der Waals surface area contributed by atoms with E-state index in [0.717, 1.165) is 29.0 Å². The molecule has 0 aliphatic carbocycles. The van der Waals surface area contributed by atoms with Gasteiger partial charge in [0.2, 0.25) is 5.13 Å². The van der Waals surface area contributed by atoms with Crippen molar-refractivity contribution in [3.63, 3.8) is 0 Å². The van der Waals surface area contributed by atoms with Crippen LogP contribution in [0.15, 0.2) is 46.9 Å². The van der Waals surface area contributed by atoms with Crippen LogP contribution < -0.4 is 10.2 Å². The first-order valence-corrected chi connectivity index (χ1v) is 8.47. The molecular weight excluding hydrogens is 363 g/mol. The Morgan fingerprint density at radius 1 is 1.19 bits per heavy atom. The standard InChI is InChI=1S/C18H14F3N3OS/c1-11-10-26-18(23-11)24-22-8-12-4-2-3-5-13(12)9-25-14-6-15(19)17(21)16(20)7-14/h2-8,10H,9H2,1H3,(H,23,24). The number of benzene rings is 2. The molecule has 0 saturated heterocycles. The summed E-state index contributed by atoms with van der Waals surface area (Å²) in [7, 11) is 0. The van der Waals surface area contributed by atoms with Gasteiger partial charge < -0.3 is 4.74 Å². The molecule has 0 radical (unpaired) electrons. The van der Waals surface area contributed by atoms with Crippen molar-refractivity contribution in [3.05, 3.63) is 76.1 Å². The Hall–Kier alpha value is -2.87. The van der Waals surface area contributed by atoms with Crippen LogP contribution in [-0.2, 0) is 6.61 Å². The first kappa shape index (κ1) is 17.9. The number of hydrazone groups is 1. The molecule has 1 aromatic heterocycles. The van der Waals surface area contributed by atoms with Crippen molar-refractivity contribution in [2.45, 2.75) is 13.5 Å². The van der Waals surface area contributed by atoms with Gasteiger partial charge in [-0.1, -0.05) is 24.3 Å².